The summed E-state index contributed by atoms with van der Waals surface area (Å²) >= 11 is 0. The zero-order valence-electron chi connectivity index (χ0n) is 12.4. The Kier molecular flexibility index (Phi) is 5.12. The molecule has 1 aromatic rings. The minimum Gasteiger partial charge on any atom is -0.368 e. The van der Waals surface area contributed by atoms with E-state index < -0.39 is 11.2 Å². The van der Waals surface area contributed by atoms with Crippen LogP contribution in [0.1, 0.15) is 5.56 Å². The number of hydrogen-bond acceptors (Lipinski definition) is 5. The van der Waals surface area contributed by atoms with Crippen molar-refractivity contribution in [1.82, 2.24) is 19.4 Å². The summed E-state index contributed by atoms with van der Waals surface area (Å²) in [7, 11) is 6.00. The molecule has 1 rings (SSSR count). The van der Waals surface area contributed by atoms with Gasteiger partial charge in [0.05, 0.1) is 0 Å². The third-order valence-corrected chi connectivity index (χ3v) is 2.88. The van der Waals surface area contributed by atoms with Gasteiger partial charge in [0.25, 0.3) is 5.56 Å². The largest absolute Gasteiger partial charge is 0.368 e. The van der Waals surface area contributed by atoms with E-state index in [1.807, 2.05) is 0 Å². The van der Waals surface area contributed by atoms with Crippen LogP contribution in [0.25, 0.3) is 0 Å². The van der Waals surface area contributed by atoms with Crippen molar-refractivity contribution in [2.45, 2.75) is 0 Å². The Morgan fingerprint density at radius 1 is 1.24 bits per heavy atom. The van der Waals surface area contributed by atoms with Crippen molar-refractivity contribution in [1.29, 1.82) is 5.26 Å². The van der Waals surface area contributed by atoms with E-state index in [1.54, 1.807) is 20.2 Å². The second-order valence-electron chi connectivity index (χ2n) is 4.59. The molecule has 1 aromatic heterocycles. The van der Waals surface area contributed by atoms with Crippen LogP contribution < -0.4 is 21.9 Å². The summed E-state index contributed by atoms with van der Waals surface area (Å²) in [5.74, 6) is 0.143. The summed E-state index contributed by atoms with van der Waals surface area (Å²) in [5, 5.41) is 14.5. The Hall–Kier alpha value is -2.76. The van der Waals surface area contributed by atoms with Gasteiger partial charge in [0.2, 0.25) is 0 Å². The van der Waals surface area contributed by atoms with E-state index in [1.165, 1.54) is 23.6 Å². The predicted molar refractivity (Wildman–Crippen MR) is 77.2 cm³/mol. The standard InChI is InChI=1S/C12H18N6O3/c1-16(2)11(20)15-6-5-14-9-8(7-13)10(19)18(4)12(21)17(9)3/h14H,5-6H2,1-4H3,(H,15,20). The van der Waals surface area contributed by atoms with Crippen molar-refractivity contribution >= 4 is 11.8 Å². The first kappa shape index (κ1) is 16.3. The average molecular weight is 294 g/mol. The van der Waals surface area contributed by atoms with Crippen LogP contribution in [-0.2, 0) is 14.1 Å². The van der Waals surface area contributed by atoms with Crippen LogP contribution in [0, 0.1) is 11.3 Å². The first-order valence-corrected chi connectivity index (χ1v) is 6.20. The number of rotatable bonds is 4. The molecular weight excluding hydrogens is 276 g/mol. The van der Waals surface area contributed by atoms with Gasteiger partial charge in [0.1, 0.15) is 11.9 Å². The van der Waals surface area contributed by atoms with Crippen LogP contribution >= 0.6 is 0 Å². The highest BCUT2D eigenvalue weighted by molar-refractivity contribution is 5.73. The molecule has 21 heavy (non-hydrogen) atoms. The molecule has 0 radical (unpaired) electrons. The Bertz CT molecular complexity index is 695. The Labute approximate surface area is 121 Å². The van der Waals surface area contributed by atoms with Crippen LogP contribution in [-0.4, -0.2) is 47.3 Å². The molecule has 0 saturated carbocycles. The van der Waals surface area contributed by atoms with Gasteiger partial charge in [-0.15, -0.1) is 0 Å². The van der Waals surface area contributed by atoms with Gasteiger partial charge in [-0.2, -0.15) is 5.26 Å². The highest BCUT2D eigenvalue weighted by Crippen LogP contribution is 2.05. The average Bonchev–Trinajstić information content (AvgIpc) is 2.45. The summed E-state index contributed by atoms with van der Waals surface area (Å²) in [6.45, 7) is 0.556. The molecule has 1 heterocycles. The number of nitriles is 1. The molecule has 9 nitrogen and oxygen atoms in total. The van der Waals surface area contributed by atoms with Gasteiger partial charge >= 0.3 is 11.7 Å². The van der Waals surface area contributed by atoms with Crippen molar-refractivity contribution in [2.24, 2.45) is 14.1 Å². The fraction of sp³-hybridized carbons (Fsp3) is 0.500. The summed E-state index contributed by atoms with van der Waals surface area (Å²) < 4.78 is 2.06. The van der Waals surface area contributed by atoms with E-state index in [2.05, 4.69) is 10.6 Å². The molecule has 0 saturated heterocycles. The highest BCUT2D eigenvalue weighted by Gasteiger charge is 2.14. The molecule has 2 amide bonds. The van der Waals surface area contributed by atoms with Crippen LogP contribution in [0.4, 0.5) is 10.6 Å². The molecule has 0 atom stereocenters. The quantitative estimate of drug-likeness (QED) is 0.666. The van der Waals surface area contributed by atoms with E-state index >= 15 is 0 Å². The normalized spacial score (nSPS) is 9.86. The van der Waals surface area contributed by atoms with Gasteiger partial charge < -0.3 is 15.5 Å². The van der Waals surface area contributed by atoms with Crippen LogP contribution in [0.15, 0.2) is 9.59 Å². The maximum atomic E-state index is 11.8. The molecule has 0 aliphatic carbocycles. The predicted octanol–water partition coefficient (Wildman–Crippen LogP) is -1.36. The number of aromatic nitrogens is 2. The highest BCUT2D eigenvalue weighted by atomic mass is 16.2. The number of amides is 2. The van der Waals surface area contributed by atoms with Gasteiger partial charge in [-0.1, -0.05) is 0 Å². The van der Waals surface area contributed by atoms with Gasteiger partial charge in [0, 0.05) is 41.3 Å². The van der Waals surface area contributed by atoms with Gasteiger partial charge in [-0.05, 0) is 0 Å². The Morgan fingerprint density at radius 3 is 2.38 bits per heavy atom. The lowest BCUT2D eigenvalue weighted by Gasteiger charge is -2.15. The molecule has 0 bridgehead atoms. The number of nitrogens with zero attached hydrogens (tertiary/aromatic N) is 4. The molecule has 0 spiro atoms. The number of carbonyl (C=O) groups excluding carboxylic acids is 1. The van der Waals surface area contributed by atoms with Gasteiger partial charge in [0.15, 0.2) is 5.56 Å². The zero-order chi connectivity index (χ0) is 16.2. The topological polar surface area (TPSA) is 112 Å². The Morgan fingerprint density at radius 2 is 1.86 bits per heavy atom. The molecule has 0 unspecified atom stereocenters. The summed E-state index contributed by atoms with van der Waals surface area (Å²) in [5.41, 5.74) is -1.32. The van der Waals surface area contributed by atoms with E-state index in [4.69, 9.17) is 5.26 Å². The van der Waals surface area contributed by atoms with Gasteiger partial charge in [-0.3, -0.25) is 13.9 Å². The van der Waals surface area contributed by atoms with Crippen molar-refractivity contribution in [2.75, 3.05) is 32.5 Å². The first-order valence-electron chi connectivity index (χ1n) is 6.20. The smallest absolute Gasteiger partial charge is 0.332 e. The van der Waals surface area contributed by atoms with Gasteiger partial charge in [-0.25, -0.2) is 9.59 Å². The lowest BCUT2D eigenvalue weighted by molar-refractivity contribution is 0.218. The molecule has 114 valence electrons. The number of hydrogen-bond donors (Lipinski definition) is 2. The van der Waals surface area contributed by atoms with E-state index in [9.17, 15) is 14.4 Å². The number of anilines is 1. The minimum atomic E-state index is -0.652. The molecule has 0 aliphatic rings. The second-order valence-corrected chi connectivity index (χ2v) is 4.59. The molecule has 2 N–H and O–H groups in total. The summed E-state index contributed by atoms with van der Waals surface area (Å²) in [4.78, 5) is 36.4. The molecular formula is C12H18N6O3. The van der Waals surface area contributed by atoms with E-state index in [0.717, 1.165) is 4.57 Å². The van der Waals surface area contributed by atoms with Crippen molar-refractivity contribution in [3.63, 3.8) is 0 Å². The lowest BCUT2D eigenvalue weighted by atomic mass is 10.3. The summed E-state index contributed by atoms with van der Waals surface area (Å²) in [6, 6.07) is 1.54. The molecule has 0 aliphatic heterocycles. The minimum absolute atomic E-state index is 0.140. The summed E-state index contributed by atoms with van der Waals surface area (Å²) in [6.07, 6.45) is 0. The number of urea groups is 1. The van der Waals surface area contributed by atoms with Crippen LogP contribution in [0.2, 0.25) is 0 Å². The van der Waals surface area contributed by atoms with E-state index in [0.29, 0.717) is 0 Å². The fourth-order valence-corrected chi connectivity index (χ4v) is 1.66. The lowest BCUT2D eigenvalue weighted by Crippen LogP contribution is -2.41. The third-order valence-electron chi connectivity index (χ3n) is 2.88. The second kappa shape index (κ2) is 6.60. The zero-order valence-corrected chi connectivity index (χ0v) is 12.4. The SMILES string of the molecule is CN(C)C(=O)NCCNc1c(C#N)c(=O)n(C)c(=O)n1C. The molecule has 0 aromatic carbocycles. The first-order chi connectivity index (χ1) is 9.81. The third kappa shape index (κ3) is 3.42. The maximum Gasteiger partial charge on any atom is 0.332 e. The number of nitrogens with one attached hydrogen (secondary N) is 2. The molecule has 0 fully saturated rings. The monoisotopic (exact) mass is 294 g/mol. The van der Waals surface area contributed by atoms with Crippen molar-refractivity contribution in [3.05, 3.63) is 26.4 Å². The molecule has 9 heteroatoms. The van der Waals surface area contributed by atoms with Crippen LogP contribution in [0.3, 0.4) is 0 Å². The van der Waals surface area contributed by atoms with Crippen LogP contribution in [0.5, 0.6) is 0 Å². The van der Waals surface area contributed by atoms with E-state index in [-0.39, 0.29) is 30.5 Å². The fourth-order valence-electron chi connectivity index (χ4n) is 1.66. The maximum absolute atomic E-state index is 11.8. The Balaban J connectivity index is 2.91. The number of carbonyl (C=O) groups is 1. The van der Waals surface area contributed by atoms with Crippen molar-refractivity contribution < 1.29 is 4.79 Å². The van der Waals surface area contributed by atoms with Crippen molar-refractivity contribution in [3.8, 4) is 6.07 Å².